The van der Waals surface area contributed by atoms with Gasteiger partial charge in [0.25, 0.3) is 0 Å². The average molecular weight is 429 g/mol. The molecule has 158 valence electrons. The lowest BCUT2D eigenvalue weighted by molar-refractivity contribution is -0.140. The van der Waals surface area contributed by atoms with E-state index in [4.69, 9.17) is 17.3 Å². The highest BCUT2D eigenvalue weighted by atomic mass is 35.5. The Morgan fingerprint density at radius 1 is 1.27 bits per heavy atom. The van der Waals surface area contributed by atoms with Gasteiger partial charge in [-0.05, 0) is 69.0 Å². The van der Waals surface area contributed by atoms with Gasteiger partial charge in [0.1, 0.15) is 11.4 Å². The first-order valence-electron chi connectivity index (χ1n) is 10.0. The lowest BCUT2D eigenvalue weighted by Gasteiger charge is -2.46. The highest BCUT2D eigenvalue weighted by Gasteiger charge is 2.53. The summed E-state index contributed by atoms with van der Waals surface area (Å²) in [5.41, 5.74) is 7.28. The number of hydrogen-bond donors (Lipinski definition) is 2. The second kappa shape index (κ2) is 6.98. The summed E-state index contributed by atoms with van der Waals surface area (Å²) in [5.74, 6) is -0.544. The second-order valence-electron chi connectivity index (χ2n) is 8.77. The molecule has 2 aliphatic rings. The van der Waals surface area contributed by atoms with Crippen molar-refractivity contribution < 1.29 is 9.18 Å². The van der Waals surface area contributed by atoms with Gasteiger partial charge in [-0.1, -0.05) is 23.7 Å². The third-order valence-corrected chi connectivity index (χ3v) is 7.09. The number of aliphatic imine (C=N–C) groups is 1. The molecule has 2 aromatic rings. The molecule has 0 saturated carbocycles. The van der Waals surface area contributed by atoms with Gasteiger partial charge >= 0.3 is 0 Å². The van der Waals surface area contributed by atoms with Crippen molar-refractivity contribution in [2.24, 2.45) is 16.1 Å². The first-order valence-corrected chi connectivity index (χ1v) is 10.4. The van der Waals surface area contributed by atoms with E-state index >= 15 is 4.39 Å². The Bertz CT molecular complexity index is 1070. The number of nitrogens with zero attached hydrogens (tertiary/aromatic N) is 2. The zero-order chi connectivity index (χ0) is 21.8. The molecule has 30 heavy (non-hydrogen) atoms. The molecular formula is C23H26ClFN4O. The lowest BCUT2D eigenvalue weighted by Crippen LogP contribution is -2.58. The summed E-state index contributed by atoms with van der Waals surface area (Å²) in [6.07, 6.45) is 1.84. The molecule has 3 N–H and O–H groups in total. The molecule has 5 nitrogen and oxygen atoms in total. The maximum atomic E-state index is 15.0. The molecule has 1 aliphatic heterocycles. The number of fused-ring (bicyclic) bond motifs is 1. The van der Waals surface area contributed by atoms with Crippen molar-refractivity contribution in [1.29, 1.82) is 0 Å². The average Bonchev–Trinajstić information content (AvgIpc) is 3.11. The van der Waals surface area contributed by atoms with E-state index in [2.05, 4.69) is 16.4 Å². The summed E-state index contributed by atoms with van der Waals surface area (Å²) in [4.78, 5) is 18.8. The maximum absolute atomic E-state index is 15.0. The van der Waals surface area contributed by atoms with Crippen molar-refractivity contribution >= 4 is 29.2 Å². The van der Waals surface area contributed by atoms with Crippen LogP contribution in [0.3, 0.4) is 0 Å². The van der Waals surface area contributed by atoms with Gasteiger partial charge in [0.05, 0.1) is 11.5 Å². The van der Waals surface area contributed by atoms with Crippen LogP contribution in [0.1, 0.15) is 49.9 Å². The van der Waals surface area contributed by atoms with Crippen molar-refractivity contribution in [2.45, 2.75) is 45.2 Å². The number of carbonyl (C=O) groups excluding carboxylic acids is 1. The minimum atomic E-state index is -1.15. The number of hydrogen-bond acceptors (Lipinski definition) is 4. The molecule has 1 unspecified atom stereocenters. The molecule has 0 aromatic heterocycles. The number of nitrogens with two attached hydrogens (primary N) is 1. The highest BCUT2D eigenvalue weighted by Crippen LogP contribution is 2.48. The minimum Gasteiger partial charge on any atom is -0.378 e. The normalized spacial score (nSPS) is 25.1. The number of carbonyl (C=O) groups is 1. The molecule has 4 rings (SSSR count). The van der Waals surface area contributed by atoms with Gasteiger partial charge < -0.3 is 11.1 Å². The predicted molar refractivity (Wildman–Crippen MR) is 118 cm³/mol. The number of halogens is 2. The van der Waals surface area contributed by atoms with Crippen LogP contribution in [0.5, 0.6) is 0 Å². The lowest BCUT2D eigenvalue weighted by atomic mass is 9.67. The fourth-order valence-corrected chi connectivity index (χ4v) is 4.87. The number of anilines is 1. The fourth-order valence-electron chi connectivity index (χ4n) is 4.54. The molecule has 0 fully saturated rings. The monoisotopic (exact) mass is 428 g/mol. The molecule has 2 aromatic carbocycles. The van der Waals surface area contributed by atoms with Crippen LogP contribution in [-0.2, 0) is 16.8 Å². The van der Waals surface area contributed by atoms with E-state index in [1.807, 2.05) is 12.1 Å². The summed E-state index contributed by atoms with van der Waals surface area (Å²) >= 11 is 6.44. The van der Waals surface area contributed by atoms with Gasteiger partial charge in [0.2, 0.25) is 5.91 Å². The first kappa shape index (κ1) is 20.7. The summed E-state index contributed by atoms with van der Waals surface area (Å²) in [7, 11) is 1.58. The van der Waals surface area contributed by atoms with Crippen LogP contribution in [0.25, 0.3) is 0 Å². The van der Waals surface area contributed by atoms with Crippen LogP contribution in [0, 0.1) is 11.2 Å². The summed E-state index contributed by atoms with van der Waals surface area (Å²) in [6.45, 7) is 5.30. The van der Waals surface area contributed by atoms with Crippen LogP contribution in [-0.4, -0.2) is 23.8 Å². The van der Waals surface area contributed by atoms with Gasteiger partial charge in [-0.2, -0.15) is 0 Å². The zero-order valence-corrected chi connectivity index (χ0v) is 18.3. The summed E-state index contributed by atoms with van der Waals surface area (Å²) in [5, 5.41) is 4.23. The van der Waals surface area contributed by atoms with Gasteiger partial charge in [-0.25, -0.2) is 9.38 Å². The van der Waals surface area contributed by atoms with Crippen LogP contribution in [0.15, 0.2) is 41.4 Å². The molecule has 1 aliphatic carbocycles. The van der Waals surface area contributed by atoms with Crippen LogP contribution >= 0.6 is 11.6 Å². The number of aryl methyl sites for hydroxylation is 1. The van der Waals surface area contributed by atoms with Crippen molar-refractivity contribution in [3.05, 3.63) is 63.9 Å². The van der Waals surface area contributed by atoms with Gasteiger partial charge in [0, 0.05) is 23.3 Å². The number of benzene rings is 2. The smallest absolute Gasteiger partial charge is 0.237 e. The fraction of sp³-hybridized carbons (Fsp3) is 0.391. The van der Waals surface area contributed by atoms with E-state index in [0.717, 1.165) is 29.1 Å². The third-order valence-electron chi connectivity index (χ3n) is 6.76. The Morgan fingerprint density at radius 2 is 2.00 bits per heavy atom. The molecular weight excluding hydrogens is 403 g/mol. The Kier molecular flexibility index (Phi) is 4.81. The predicted octanol–water partition coefficient (Wildman–Crippen LogP) is 4.61. The van der Waals surface area contributed by atoms with Crippen LogP contribution < -0.4 is 11.1 Å². The number of nitrogens with one attached hydrogen (secondary N) is 1. The molecule has 0 saturated heterocycles. The largest absolute Gasteiger partial charge is 0.378 e. The molecule has 2 atom stereocenters. The summed E-state index contributed by atoms with van der Waals surface area (Å²) in [6, 6.07) is 10.8. The van der Waals surface area contributed by atoms with E-state index in [9.17, 15) is 4.79 Å². The molecule has 0 radical (unpaired) electrons. The van der Waals surface area contributed by atoms with Crippen molar-refractivity contribution in [3.8, 4) is 0 Å². The SMILES string of the molecule is CN1C(=O)C(C)(C)[C@@](C)(c2cc(NC3CCc4cccc(Cl)c43)ccc2F)N=C1N. The molecule has 1 heterocycles. The van der Waals surface area contributed by atoms with E-state index in [-0.39, 0.29) is 17.9 Å². The molecule has 0 bridgehead atoms. The number of rotatable bonds is 3. The highest BCUT2D eigenvalue weighted by molar-refractivity contribution is 6.31. The standard InChI is InChI=1S/C23H26ClFN4O/c1-22(2)20(30)29(4)21(26)28-23(22,3)15-12-14(9-10-17(15)25)27-18-11-8-13-6-5-7-16(24)19(13)18/h5-7,9-10,12,18,27H,8,11H2,1-4H3,(H2,26,28)/t18?,23-/m1/s1. The first-order chi connectivity index (χ1) is 14.1. The Labute approximate surface area is 181 Å². The maximum Gasteiger partial charge on any atom is 0.237 e. The van der Waals surface area contributed by atoms with Gasteiger partial charge in [-0.3, -0.25) is 9.69 Å². The Morgan fingerprint density at radius 3 is 2.73 bits per heavy atom. The molecule has 1 amide bonds. The summed E-state index contributed by atoms with van der Waals surface area (Å²) < 4.78 is 15.0. The van der Waals surface area contributed by atoms with Crippen LogP contribution in [0.2, 0.25) is 5.02 Å². The number of amides is 1. The van der Waals surface area contributed by atoms with Crippen molar-refractivity contribution in [3.63, 3.8) is 0 Å². The van der Waals surface area contributed by atoms with E-state index in [0.29, 0.717) is 5.56 Å². The van der Waals surface area contributed by atoms with E-state index < -0.39 is 16.8 Å². The second-order valence-corrected chi connectivity index (χ2v) is 9.18. The third kappa shape index (κ3) is 2.97. The van der Waals surface area contributed by atoms with Gasteiger partial charge in [0.15, 0.2) is 5.96 Å². The Hall–Kier alpha value is -2.60. The van der Waals surface area contributed by atoms with E-state index in [1.54, 1.807) is 40.0 Å². The van der Waals surface area contributed by atoms with Crippen molar-refractivity contribution in [2.75, 3.05) is 12.4 Å². The topological polar surface area (TPSA) is 70.7 Å². The minimum absolute atomic E-state index is 0.0421. The van der Waals surface area contributed by atoms with Crippen molar-refractivity contribution in [1.82, 2.24) is 4.90 Å². The van der Waals surface area contributed by atoms with E-state index in [1.165, 1.54) is 16.5 Å². The Balaban J connectivity index is 1.75. The molecule has 0 spiro atoms. The van der Waals surface area contributed by atoms with Gasteiger partial charge in [-0.15, -0.1) is 0 Å². The molecule has 7 heteroatoms. The quantitative estimate of drug-likeness (QED) is 0.750. The van der Waals surface area contributed by atoms with Crippen LogP contribution in [0.4, 0.5) is 10.1 Å². The zero-order valence-electron chi connectivity index (χ0n) is 17.6. The number of guanidine groups is 1.